The van der Waals surface area contributed by atoms with Gasteiger partial charge in [-0.05, 0) is 30.7 Å². The minimum Gasteiger partial charge on any atom is -0.366 e. The minimum atomic E-state index is -3.35. The molecule has 2 N–H and O–H groups in total. The van der Waals surface area contributed by atoms with Gasteiger partial charge in [0, 0.05) is 49.0 Å². The van der Waals surface area contributed by atoms with E-state index in [-0.39, 0.29) is 0 Å². The molecule has 0 aliphatic carbocycles. The van der Waals surface area contributed by atoms with Gasteiger partial charge >= 0.3 is 0 Å². The fourth-order valence-electron chi connectivity index (χ4n) is 4.28. The minimum absolute atomic E-state index is 0.321. The summed E-state index contributed by atoms with van der Waals surface area (Å²) >= 11 is 0. The fourth-order valence-corrected chi connectivity index (χ4v) is 5.17. The monoisotopic (exact) mass is 447 g/mol. The van der Waals surface area contributed by atoms with Crippen molar-refractivity contribution in [3.8, 4) is 5.95 Å². The maximum absolute atomic E-state index is 12.3. The van der Waals surface area contributed by atoms with E-state index < -0.39 is 9.84 Å². The lowest BCUT2D eigenvalue weighted by molar-refractivity contribution is 0.602. The van der Waals surface area contributed by atoms with Crippen LogP contribution in [0, 0.1) is 6.92 Å². The van der Waals surface area contributed by atoms with Crippen molar-refractivity contribution in [3.05, 3.63) is 77.1 Å². The summed E-state index contributed by atoms with van der Waals surface area (Å²) in [6, 6.07) is 17.4. The molecule has 0 bridgehead atoms. The molecule has 0 unspecified atom stereocenters. The third-order valence-electron chi connectivity index (χ3n) is 5.81. The smallest absolute Gasteiger partial charge is 0.236 e. The van der Waals surface area contributed by atoms with Crippen molar-refractivity contribution in [1.82, 2.24) is 19.9 Å². The first-order valence-corrected chi connectivity index (χ1v) is 12.5. The Bertz CT molecular complexity index is 1410. The van der Waals surface area contributed by atoms with E-state index in [1.165, 1.54) is 11.8 Å². The molecule has 2 aromatic heterocycles. The standard InChI is InChI=1S/C24H25N5O2S/c1-16-13-18-21(9-6-10-22(18)32(2,30)31)29(16)24-27-20-11-12-25-15-19(20)23(28-24)26-14-17-7-4-3-5-8-17/h3-10,13,25H,11-12,14-15H2,1-2H3,(H,26,27,28). The van der Waals surface area contributed by atoms with Gasteiger partial charge in [-0.25, -0.2) is 13.4 Å². The van der Waals surface area contributed by atoms with Crippen molar-refractivity contribution in [2.24, 2.45) is 0 Å². The Balaban J connectivity index is 1.64. The number of aromatic nitrogens is 3. The summed E-state index contributed by atoms with van der Waals surface area (Å²) in [6.45, 7) is 4.20. The highest BCUT2D eigenvalue weighted by molar-refractivity contribution is 7.91. The van der Waals surface area contributed by atoms with E-state index >= 15 is 0 Å². The van der Waals surface area contributed by atoms with E-state index in [2.05, 4.69) is 22.8 Å². The van der Waals surface area contributed by atoms with Crippen LogP contribution in [0.3, 0.4) is 0 Å². The van der Waals surface area contributed by atoms with Gasteiger partial charge in [0.1, 0.15) is 5.82 Å². The van der Waals surface area contributed by atoms with Crippen LogP contribution < -0.4 is 10.6 Å². The zero-order valence-electron chi connectivity index (χ0n) is 18.1. The van der Waals surface area contributed by atoms with Crippen molar-refractivity contribution in [2.45, 2.75) is 31.3 Å². The molecule has 0 radical (unpaired) electrons. The summed E-state index contributed by atoms with van der Waals surface area (Å²) < 4.78 is 26.6. The average molecular weight is 448 g/mol. The predicted octanol–water partition coefficient (Wildman–Crippen LogP) is 3.39. The number of benzene rings is 2. The van der Waals surface area contributed by atoms with E-state index in [9.17, 15) is 8.42 Å². The van der Waals surface area contributed by atoms with Gasteiger partial charge in [0.25, 0.3) is 0 Å². The highest BCUT2D eigenvalue weighted by Crippen LogP contribution is 2.30. The molecule has 1 aliphatic heterocycles. The number of hydrogen-bond donors (Lipinski definition) is 2. The molecule has 3 heterocycles. The third-order valence-corrected chi connectivity index (χ3v) is 6.97. The zero-order valence-corrected chi connectivity index (χ0v) is 18.9. The summed E-state index contributed by atoms with van der Waals surface area (Å²) in [6.07, 6.45) is 2.06. The second-order valence-electron chi connectivity index (χ2n) is 8.15. The second-order valence-corrected chi connectivity index (χ2v) is 10.1. The third kappa shape index (κ3) is 3.76. The maximum Gasteiger partial charge on any atom is 0.236 e. The van der Waals surface area contributed by atoms with Gasteiger partial charge in [-0.2, -0.15) is 4.98 Å². The zero-order chi connectivity index (χ0) is 22.3. The number of nitrogens with one attached hydrogen (secondary N) is 2. The van der Waals surface area contributed by atoms with Crippen LogP contribution in [0.1, 0.15) is 22.5 Å². The number of rotatable bonds is 5. The molecule has 0 spiro atoms. The summed E-state index contributed by atoms with van der Waals surface area (Å²) in [5.74, 6) is 1.36. The van der Waals surface area contributed by atoms with E-state index in [4.69, 9.17) is 9.97 Å². The number of hydrogen-bond acceptors (Lipinski definition) is 6. The van der Waals surface area contributed by atoms with Crippen molar-refractivity contribution < 1.29 is 8.42 Å². The summed E-state index contributed by atoms with van der Waals surface area (Å²) in [5, 5.41) is 7.59. The van der Waals surface area contributed by atoms with Crippen molar-refractivity contribution >= 4 is 26.6 Å². The Morgan fingerprint density at radius 3 is 2.69 bits per heavy atom. The first-order valence-electron chi connectivity index (χ1n) is 10.6. The number of anilines is 1. The summed E-state index contributed by atoms with van der Waals surface area (Å²) in [4.78, 5) is 10.1. The fraction of sp³-hybridized carbons (Fsp3) is 0.250. The molecule has 164 valence electrons. The van der Waals surface area contributed by atoms with Crippen molar-refractivity contribution in [1.29, 1.82) is 0 Å². The Morgan fingerprint density at radius 2 is 1.91 bits per heavy atom. The Morgan fingerprint density at radius 1 is 1.09 bits per heavy atom. The van der Waals surface area contributed by atoms with Gasteiger partial charge in [-0.3, -0.25) is 4.57 Å². The van der Waals surface area contributed by atoms with Crippen molar-refractivity contribution in [3.63, 3.8) is 0 Å². The quantitative estimate of drug-likeness (QED) is 0.488. The topological polar surface area (TPSA) is 88.9 Å². The predicted molar refractivity (Wildman–Crippen MR) is 126 cm³/mol. The van der Waals surface area contributed by atoms with Crippen LogP contribution >= 0.6 is 0 Å². The average Bonchev–Trinajstić information content (AvgIpc) is 3.13. The molecule has 5 rings (SSSR count). The van der Waals surface area contributed by atoms with E-state index in [0.29, 0.717) is 22.8 Å². The second kappa shape index (κ2) is 8.03. The van der Waals surface area contributed by atoms with Crippen LogP contribution in [-0.2, 0) is 29.3 Å². The van der Waals surface area contributed by atoms with E-state index in [1.807, 2.05) is 41.8 Å². The Hall–Kier alpha value is -3.23. The molecule has 4 aromatic rings. The van der Waals surface area contributed by atoms with Crippen LogP contribution in [0.15, 0.2) is 59.5 Å². The lowest BCUT2D eigenvalue weighted by Gasteiger charge is -2.21. The van der Waals surface area contributed by atoms with E-state index in [1.54, 1.807) is 12.1 Å². The molecule has 0 saturated heterocycles. The van der Waals surface area contributed by atoms with Crippen LogP contribution in [0.2, 0.25) is 0 Å². The van der Waals surface area contributed by atoms with Gasteiger partial charge in [0.15, 0.2) is 9.84 Å². The summed E-state index contributed by atoms with van der Waals surface area (Å²) in [5.41, 5.74) is 4.95. The van der Waals surface area contributed by atoms with Gasteiger partial charge in [0.05, 0.1) is 16.1 Å². The molecular weight excluding hydrogens is 422 g/mol. The lowest BCUT2D eigenvalue weighted by Crippen LogP contribution is -2.27. The molecular formula is C24H25N5O2S. The normalized spacial score (nSPS) is 13.8. The maximum atomic E-state index is 12.3. The highest BCUT2D eigenvalue weighted by Gasteiger charge is 2.21. The highest BCUT2D eigenvalue weighted by atomic mass is 32.2. The van der Waals surface area contributed by atoms with Crippen LogP contribution in [-0.4, -0.2) is 35.8 Å². The largest absolute Gasteiger partial charge is 0.366 e. The number of fused-ring (bicyclic) bond motifs is 2. The van der Waals surface area contributed by atoms with E-state index in [0.717, 1.165) is 47.8 Å². The molecule has 0 atom stereocenters. The molecule has 8 heteroatoms. The van der Waals surface area contributed by atoms with Gasteiger partial charge in [-0.15, -0.1) is 0 Å². The van der Waals surface area contributed by atoms with Gasteiger partial charge in [-0.1, -0.05) is 36.4 Å². The lowest BCUT2D eigenvalue weighted by atomic mass is 10.1. The van der Waals surface area contributed by atoms with Crippen LogP contribution in [0.5, 0.6) is 0 Å². The molecule has 0 fully saturated rings. The number of sulfone groups is 1. The first kappa shape index (κ1) is 20.7. The van der Waals surface area contributed by atoms with Gasteiger partial charge < -0.3 is 10.6 Å². The van der Waals surface area contributed by atoms with Crippen molar-refractivity contribution in [2.75, 3.05) is 18.1 Å². The summed E-state index contributed by atoms with van der Waals surface area (Å²) in [7, 11) is -3.35. The number of nitrogens with zero attached hydrogens (tertiary/aromatic N) is 3. The molecule has 32 heavy (non-hydrogen) atoms. The molecule has 0 amide bonds. The molecule has 1 aliphatic rings. The Labute approximate surface area is 187 Å². The number of aryl methyl sites for hydroxylation is 1. The molecule has 2 aromatic carbocycles. The Kier molecular flexibility index (Phi) is 5.19. The van der Waals surface area contributed by atoms with Crippen LogP contribution in [0.25, 0.3) is 16.9 Å². The SMILES string of the molecule is Cc1cc2c(S(C)(=O)=O)cccc2n1-c1nc2c(c(NCc3ccccc3)n1)CNCC2. The van der Waals surface area contributed by atoms with Crippen LogP contribution in [0.4, 0.5) is 5.82 Å². The van der Waals surface area contributed by atoms with Gasteiger partial charge in [0.2, 0.25) is 5.95 Å². The molecule has 7 nitrogen and oxygen atoms in total. The first-order chi connectivity index (χ1) is 15.4. The molecule has 0 saturated carbocycles.